The van der Waals surface area contributed by atoms with E-state index >= 15 is 0 Å². The van der Waals surface area contributed by atoms with Gasteiger partial charge in [0.25, 0.3) is 15.9 Å². The van der Waals surface area contributed by atoms with Crippen LogP contribution in [0, 0.1) is 26.6 Å². The third-order valence-electron chi connectivity index (χ3n) is 6.25. The highest BCUT2D eigenvalue weighted by Crippen LogP contribution is 2.34. The number of hydrogen-bond acceptors (Lipinski definition) is 5. The number of ether oxygens (including phenoxy) is 1. The molecule has 3 aromatic carbocycles. The van der Waals surface area contributed by atoms with Crippen molar-refractivity contribution in [2.75, 3.05) is 18.0 Å². The Balaban J connectivity index is 1.60. The number of hydrazone groups is 1. The molecule has 1 aromatic heterocycles. The smallest absolute Gasteiger partial charge is 0.264 e. The standard InChI is InChI=1S/C29H28ClFN4O4S/c1-19-5-12-26(13-6-19)40(37,38)34(27-16-23(30)7-14-28(27)39-4)18-29(36)33-32-17-22-15-20(2)35(21(22)3)25-10-8-24(31)9-11-25/h5-17H,18H2,1-4H3,(H,33,36)/b32-17+. The number of aryl methyl sites for hydroxylation is 2. The normalized spacial score (nSPS) is 11.6. The first-order valence-corrected chi connectivity index (χ1v) is 14.0. The fourth-order valence-electron chi connectivity index (χ4n) is 4.24. The van der Waals surface area contributed by atoms with Gasteiger partial charge in [0.15, 0.2) is 0 Å². The first-order valence-electron chi connectivity index (χ1n) is 12.2. The Morgan fingerprint density at radius 2 is 1.73 bits per heavy atom. The minimum atomic E-state index is -4.18. The van der Waals surface area contributed by atoms with Crippen LogP contribution in [0.2, 0.25) is 5.02 Å². The van der Waals surface area contributed by atoms with Gasteiger partial charge >= 0.3 is 0 Å². The lowest BCUT2D eigenvalue weighted by Gasteiger charge is -2.25. The van der Waals surface area contributed by atoms with E-state index in [1.54, 1.807) is 30.3 Å². The number of nitrogens with zero attached hydrogens (tertiary/aromatic N) is 3. The van der Waals surface area contributed by atoms with E-state index in [1.165, 1.54) is 49.7 Å². The first-order chi connectivity index (χ1) is 19.0. The van der Waals surface area contributed by atoms with Crippen molar-refractivity contribution in [2.24, 2.45) is 5.10 Å². The minimum Gasteiger partial charge on any atom is -0.495 e. The molecule has 0 unspecified atom stereocenters. The van der Waals surface area contributed by atoms with Crippen molar-refractivity contribution in [1.82, 2.24) is 9.99 Å². The fourth-order valence-corrected chi connectivity index (χ4v) is 5.83. The Labute approximate surface area is 237 Å². The average Bonchev–Trinajstić information content (AvgIpc) is 3.20. The maximum atomic E-state index is 13.7. The summed E-state index contributed by atoms with van der Waals surface area (Å²) in [6.07, 6.45) is 1.47. The Hall–Kier alpha value is -4.15. The van der Waals surface area contributed by atoms with Crippen molar-refractivity contribution in [2.45, 2.75) is 25.7 Å². The molecule has 0 saturated heterocycles. The molecule has 8 nitrogen and oxygen atoms in total. The van der Waals surface area contributed by atoms with Gasteiger partial charge in [0.1, 0.15) is 18.1 Å². The predicted molar refractivity (Wildman–Crippen MR) is 155 cm³/mol. The highest BCUT2D eigenvalue weighted by Gasteiger charge is 2.29. The molecule has 0 saturated carbocycles. The lowest BCUT2D eigenvalue weighted by Crippen LogP contribution is -2.39. The lowest BCUT2D eigenvalue weighted by atomic mass is 10.2. The van der Waals surface area contributed by atoms with E-state index in [-0.39, 0.29) is 27.2 Å². The van der Waals surface area contributed by atoms with E-state index in [2.05, 4.69) is 10.5 Å². The number of hydrogen-bond donors (Lipinski definition) is 1. The van der Waals surface area contributed by atoms with Crippen LogP contribution in [0.25, 0.3) is 5.69 Å². The summed E-state index contributed by atoms with van der Waals surface area (Å²) in [6, 6.07) is 18.8. The van der Waals surface area contributed by atoms with Gasteiger partial charge in [0.05, 0.1) is 23.9 Å². The number of rotatable bonds is 9. The predicted octanol–water partition coefficient (Wildman–Crippen LogP) is 5.55. The second-order valence-electron chi connectivity index (χ2n) is 9.07. The van der Waals surface area contributed by atoms with E-state index in [0.29, 0.717) is 0 Å². The molecule has 0 aliphatic rings. The average molecular weight is 583 g/mol. The molecule has 1 heterocycles. The zero-order valence-electron chi connectivity index (χ0n) is 22.4. The molecule has 4 rings (SSSR count). The SMILES string of the molecule is COc1ccc(Cl)cc1N(CC(=O)N/N=C/c1cc(C)n(-c2ccc(F)cc2)c1C)S(=O)(=O)c1ccc(C)cc1. The largest absolute Gasteiger partial charge is 0.495 e. The Bertz CT molecular complexity index is 1670. The summed E-state index contributed by atoms with van der Waals surface area (Å²) in [6.45, 7) is 5.04. The van der Waals surface area contributed by atoms with Gasteiger partial charge in [0, 0.05) is 27.7 Å². The number of benzene rings is 3. The van der Waals surface area contributed by atoms with Crippen LogP contribution in [0.15, 0.2) is 82.8 Å². The highest BCUT2D eigenvalue weighted by molar-refractivity contribution is 7.92. The number of aromatic nitrogens is 1. The van der Waals surface area contributed by atoms with Crippen molar-refractivity contribution in [3.8, 4) is 11.4 Å². The number of sulfonamides is 1. The quantitative estimate of drug-likeness (QED) is 0.207. The van der Waals surface area contributed by atoms with Crippen LogP contribution in [0.3, 0.4) is 0 Å². The van der Waals surface area contributed by atoms with Crippen molar-refractivity contribution in [3.63, 3.8) is 0 Å². The van der Waals surface area contributed by atoms with Crippen LogP contribution in [-0.4, -0.2) is 38.8 Å². The topological polar surface area (TPSA) is 93.0 Å². The van der Waals surface area contributed by atoms with Crippen LogP contribution in [-0.2, 0) is 14.8 Å². The van der Waals surface area contributed by atoms with E-state index in [9.17, 15) is 17.6 Å². The van der Waals surface area contributed by atoms with Gasteiger partial charge in [-0.05, 0) is 81.4 Å². The molecule has 0 aliphatic carbocycles. The zero-order valence-corrected chi connectivity index (χ0v) is 23.9. The molecular formula is C29H28ClFN4O4S. The van der Waals surface area contributed by atoms with Crippen LogP contribution in [0.5, 0.6) is 5.75 Å². The molecule has 11 heteroatoms. The summed E-state index contributed by atoms with van der Waals surface area (Å²) in [5, 5.41) is 4.33. The number of nitrogens with one attached hydrogen (secondary N) is 1. The zero-order chi connectivity index (χ0) is 29.0. The van der Waals surface area contributed by atoms with Gasteiger partial charge in [-0.25, -0.2) is 18.2 Å². The van der Waals surface area contributed by atoms with Gasteiger partial charge in [0.2, 0.25) is 0 Å². The molecule has 0 fully saturated rings. The molecule has 0 atom stereocenters. The molecule has 4 aromatic rings. The summed E-state index contributed by atoms with van der Waals surface area (Å²) >= 11 is 6.18. The fraction of sp³-hybridized carbons (Fsp3) is 0.172. The van der Waals surface area contributed by atoms with Crippen LogP contribution in [0.4, 0.5) is 10.1 Å². The number of carbonyl (C=O) groups is 1. The van der Waals surface area contributed by atoms with E-state index in [4.69, 9.17) is 16.3 Å². The highest BCUT2D eigenvalue weighted by atomic mass is 35.5. The summed E-state index contributed by atoms with van der Waals surface area (Å²) in [5.74, 6) is -0.782. The Kier molecular flexibility index (Phi) is 8.61. The van der Waals surface area contributed by atoms with Crippen molar-refractivity contribution in [3.05, 3.63) is 106 Å². The molecule has 0 radical (unpaired) electrons. The number of carbonyl (C=O) groups excluding carboxylic acids is 1. The molecule has 0 spiro atoms. The maximum absolute atomic E-state index is 13.7. The van der Waals surface area contributed by atoms with Crippen molar-refractivity contribution >= 4 is 39.4 Å². The van der Waals surface area contributed by atoms with Crippen molar-refractivity contribution < 1.29 is 22.3 Å². The van der Waals surface area contributed by atoms with Gasteiger partial charge in [-0.2, -0.15) is 5.10 Å². The van der Waals surface area contributed by atoms with Gasteiger partial charge in [-0.3, -0.25) is 9.10 Å². The second kappa shape index (κ2) is 11.9. The van der Waals surface area contributed by atoms with E-state index in [0.717, 1.165) is 32.5 Å². The maximum Gasteiger partial charge on any atom is 0.264 e. The van der Waals surface area contributed by atoms with Gasteiger partial charge in [-0.15, -0.1) is 0 Å². The molecular weight excluding hydrogens is 555 g/mol. The Morgan fingerprint density at radius 1 is 1.05 bits per heavy atom. The molecule has 1 N–H and O–H groups in total. The minimum absolute atomic E-state index is 0.00432. The summed E-state index contributed by atoms with van der Waals surface area (Å²) < 4.78 is 49.0. The number of amides is 1. The van der Waals surface area contributed by atoms with E-state index < -0.39 is 22.5 Å². The lowest BCUT2D eigenvalue weighted by molar-refractivity contribution is -0.119. The van der Waals surface area contributed by atoms with Gasteiger partial charge in [-0.1, -0.05) is 29.3 Å². The molecule has 40 heavy (non-hydrogen) atoms. The van der Waals surface area contributed by atoms with E-state index in [1.807, 2.05) is 31.4 Å². The van der Waals surface area contributed by atoms with Gasteiger partial charge < -0.3 is 9.30 Å². The summed E-state index contributed by atoms with van der Waals surface area (Å²) in [4.78, 5) is 13.0. The second-order valence-corrected chi connectivity index (χ2v) is 11.4. The molecule has 208 valence electrons. The number of methoxy groups -OCH3 is 1. The first kappa shape index (κ1) is 28.8. The third kappa shape index (κ3) is 6.19. The molecule has 1 amide bonds. The molecule has 0 aliphatic heterocycles. The van der Waals surface area contributed by atoms with Crippen LogP contribution in [0.1, 0.15) is 22.5 Å². The molecule has 0 bridgehead atoms. The monoisotopic (exact) mass is 582 g/mol. The number of halogens is 2. The van der Waals surface area contributed by atoms with Crippen LogP contribution >= 0.6 is 11.6 Å². The van der Waals surface area contributed by atoms with Crippen LogP contribution < -0.4 is 14.5 Å². The number of anilines is 1. The van der Waals surface area contributed by atoms with Crippen molar-refractivity contribution in [1.29, 1.82) is 0 Å². The third-order valence-corrected chi connectivity index (χ3v) is 8.26. The Morgan fingerprint density at radius 3 is 2.38 bits per heavy atom. The summed E-state index contributed by atoms with van der Waals surface area (Å²) in [7, 11) is -2.78. The summed E-state index contributed by atoms with van der Waals surface area (Å²) in [5.41, 5.74) is 6.63.